The van der Waals surface area contributed by atoms with Gasteiger partial charge in [-0.25, -0.2) is 0 Å². The van der Waals surface area contributed by atoms with Gasteiger partial charge in [0, 0.05) is 24.3 Å². The number of rotatable bonds is 2. The Morgan fingerprint density at radius 1 is 1.22 bits per heavy atom. The van der Waals surface area contributed by atoms with Gasteiger partial charge in [-0.15, -0.1) is 0 Å². The van der Waals surface area contributed by atoms with Crippen LogP contribution < -0.4 is 4.18 Å². The smallest absolute Gasteiger partial charge is 0.376 e. The molecule has 1 aromatic carbocycles. The highest BCUT2D eigenvalue weighted by Gasteiger charge is 2.55. The molecule has 5 nitrogen and oxygen atoms in total. The maximum absolute atomic E-state index is 12.7. The van der Waals surface area contributed by atoms with Crippen LogP contribution in [0.3, 0.4) is 0 Å². The Balaban J connectivity index is 1.77. The van der Waals surface area contributed by atoms with Crippen LogP contribution in [0.5, 0.6) is 5.75 Å². The molecular weight excluding hydrogens is 383 g/mol. The lowest BCUT2D eigenvalue weighted by Gasteiger charge is -2.58. The second kappa shape index (κ2) is 5.94. The number of alkyl halides is 3. The topological polar surface area (TPSA) is 63.7 Å². The van der Waals surface area contributed by atoms with Gasteiger partial charge in [0.2, 0.25) is 0 Å². The molecule has 3 atom stereocenters. The van der Waals surface area contributed by atoms with Crippen LogP contribution in [0, 0.1) is 5.92 Å². The fraction of sp³-hybridized carbons (Fsp3) is 0.611. The second-order valence-corrected chi connectivity index (χ2v) is 9.35. The Morgan fingerprint density at radius 2 is 1.96 bits per heavy atom. The Labute approximate surface area is 155 Å². The molecule has 148 valence electrons. The molecule has 0 unspecified atom stereocenters. The lowest BCUT2D eigenvalue weighted by Crippen LogP contribution is -2.60. The molecule has 1 aromatic rings. The summed E-state index contributed by atoms with van der Waals surface area (Å²) >= 11 is 0. The van der Waals surface area contributed by atoms with E-state index >= 15 is 0 Å². The van der Waals surface area contributed by atoms with E-state index in [0.29, 0.717) is 25.7 Å². The third-order valence-electron chi connectivity index (χ3n) is 6.48. The van der Waals surface area contributed by atoms with Gasteiger partial charge >= 0.3 is 15.6 Å². The van der Waals surface area contributed by atoms with Crippen LogP contribution >= 0.6 is 0 Å². The summed E-state index contributed by atoms with van der Waals surface area (Å²) in [5.41, 5.74) is -3.94. The van der Waals surface area contributed by atoms with Crippen molar-refractivity contribution >= 4 is 15.9 Å². The lowest BCUT2D eigenvalue weighted by atomic mass is 9.52. The van der Waals surface area contributed by atoms with Crippen molar-refractivity contribution in [3.05, 3.63) is 29.3 Å². The van der Waals surface area contributed by atoms with E-state index in [1.807, 2.05) is 7.05 Å². The highest BCUT2D eigenvalue weighted by molar-refractivity contribution is 7.88. The third kappa shape index (κ3) is 2.86. The van der Waals surface area contributed by atoms with Gasteiger partial charge < -0.3 is 9.08 Å². The SMILES string of the molecule is CN1CC[C@@]23CCC(=O)C[C@@H]2[C@@H]1Cc1ccc(OS(=O)(=O)C(F)(F)F)cc13. The summed E-state index contributed by atoms with van der Waals surface area (Å²) in [6.07, 6.45) is 3.03. The molecule has 0 spiro atoms. The molecule has 0 N–H and O–H groups in total. The average Bonchev–Trinajstić information content (AvgIpc) is 2.57. The average molecular weight is 403 g/mol. The van der Waals surface area contributed by atoms with Crippen molar-refractivity contribution in [1.29, 1.82) is 0 Å². The molecule has 1 saturated heterocycles. The normalized spacial score (nSPS) is 31.2. The molecule has 27 heavy (non-hydrogen) atoms. The van der Waals surface area contributed by atoms with Crippen molar-refractivity contribution in [3.63, 3.8) is 0 Å². The number of ketones is 1. The number of piperidine rings is 1. The molecule has 3 aliphatic rings. The molecule has 9 heteroatoms. The van der Waals surface area contributed by atoms with Crippen molar-refractivity contribution in [3.8, 4) is 5.75 Å². The highest BCUT2D eigenvalue weighted by atomic mass is 32.2. The van der Waals surface area contributed by atoms with E-state index in [4.69, 9.17) is 0 Å². The monoisotopic (exact) mass is 403 g/mol. The van der Waals surface area contributed by atoms with Gasteiger partial charge in [-0.05, 0) is 62.0 Å². The summed E-state index contributed by atoms with van der Waals surface area (Å²) in [6.45, 7) is 0.834. The van der Waals surface area contributed by atoms with Crippen LogP contribution in [-0.4, -0.2) is 44.2 Å². The molecule has 2 fully saturated rings. The van der Waals surface area contributed by atoms with E-state index in [1.54, 1.807) is 6.07 Å². The Bertz CT molecular complexity index is 898. The Morgan fingerprint density at radius 3 is 2.67 bits per heavy atom. The maximum Gasteiger partial charge on any atom is 0.534 e. The van der Waals surface area contributed by atoms with E-state index in [0.717, 1.165) is 24.1 Å². The number of hydrogen-bond acceptors (Lipinski definition) is 5. The summed E-state index contributed by atoms with van der Waals surface area (Å²) in [7, 11) is -3.68. The number of carbonyl (C=O) groups excluding carboxylic acids is 1. The minimum Gasteiger partial charge on any atom is -0.376 e. The number of hydrogen-bond donors (Lipinski definition) is 0. The number of carbonyl (C=O) groups is 1. The van der Waals surface area contributed by atoms with Crippen LogP contribution in [0.4, 0.5) is 13.2 Å². The number of Topliss-reactive ketones (excluding diaryl/α,β-unsaturated/α-hetero) is 1. The van der Waals surface area contributed by atoms with E-state index < -0.39 is 15.6 Å². The summed E-state index contributed by atoms with van der Waals surface area (Å²) in [5.74, 6) is -0.0145. The molecule has 1 saturated carbocycles. The van der Waals surface area contributed by atoms with E-state index in [9.17, 15) is 26.4 Å². The molecule has 1 heterocycles. The minimum absolute atomic E-state index is 0.0967. The number of nitrogens with zero attached hydrogens (tertiary/aromatic N) is 1. The van der Waals surface area contributed by atoms with E-state index in [1.165, 1.54) is 12.1 Å². The van der Waals surface area contributed by atoms with Gasteiger partial charge in [-0.2, -0.15) is 21.6 Å². The quantitative estimate of drug-likeness (QED) is 0.561. The predicted octanol–water partition coefficient (Wildman–Crippen LogP) is 2.78. The highest BCUT2D eigenvalue weighted by Crippen LogP contribution is 2.55. The molecule has 0 amide bonds. The lowest BCUT2D eigenvalue weighted by molar-refractivity contribution is -0.127. The molecule has 0 radical (unpaired) electrons. The van der Waals surface area contributed by atoms with Crippen molar-refractivity contribution in [2.75, 3.05) is 13.6 Å². The number of fused-ring (bicyclic) bond motifs is 1. The predicted molar refractivity (Wildman–Crippen MR) is 90.8 cm³/mol. The van der Waals surface area contributed by atoms with Crippen LogP contribution in [0.25, 0.3) is 0 Å². The van der Waals surface area contributed by atoms with Crippen LogP contribution in [-0.2, 0) is 26.7 Å². The summed E-state index contributed by atoms with van der Waals surface area (Å²) in [6, 6.07) is 4.60. The number of likely N-dealkylation sites (tertiary alicyclic amines) is 1. The van der Waals surface area contributed by atoms with Gasteiger partial charge in [0.05, 0.1) is 0 Å². The summed E-state index contributed by atoms with van der Waals surface area (Å²) in [5, 5.41) is 0. The fourth-order valence-electron chi connectivity index (χ4n) is 5.17. The van der Waals surface area contributed by atoms with Gasteiger partial charge in [0.25, 0.3) is 0 Å². The molecule has 2 bridgehead atoms. The van der Waals surface area contributed by atoms with Crippen LogP contribution in [0.1, 0.15) is 36.8 Å². The standard InChI is InChI=1S/C18H20F3NO4S/c1-22-7-6-17-5-4-12(23)9-15(17)16(22)8-11-2-3-13(10-14(11)17)26-27(24,25)18(19,20)21/h2-3,10,15-16H,4-9H2,1H3/t15-,16+,17-/m1/s1. The van der Waals surface area contributed by atoms with Gasteiger partial charge in [0.1, 0.15) is 11.5 Å². The van der Waals surface area contributed by atoms with E-state index in [2.05, 4.69) is 9.08 Å². The van der Waals surface area contributed by atoms with E-state index in [-0.39, 0.29) is 28.9 Å². The number of benzene rings is 1. The zero-order valence-electron chi connectivity index (χ0n) is 14.8. The third-order valence-corrected chi connectivity index (χ3v) is 7.46. The van der Waals surface area contributed by atoms with Crippen LogP contribution in [0.2, 0.25) is 0 Å². The second-order valence-electron chi connectivity index (χ2n) is 7.81. The maximum atomic E-state index is 12.7. The Hall–Kier alpha value is -1.61. The summed E-state index contributed by atoms with van der Waals surface area (Å²) < 4.78 is 65.1. The molecule has 0 aromatic heterocycles. The number of likely N-dealkylation sites (N-methyl/N-ethyl adjacent to an activating group) is 1. The van der Waals surface area contributed by atoms with Crippen molar-refractivity contribution < 1.29 is 30.6 Å². The fourth-order valence-corrected chi connectivity index (χ4v) is 5.62. The minimum atomic E-state index is -5.71. The first-order valence-corrected chi connectivity index (χ1v) is 10.3. The molecule has 1 aliphatic heterocycles. The first-order chi connectivity index (χ1) is 12.5. The molecule has 2 aliphatic carbocycles. The Kier molecular flexibility index (Phi) is 4.12. The first-order valence-electron chi connectivity index (χ1n) is 8.90. The largest absolute Gasteiger partial charge is 0.534 e. The molecule has 4 rings (SSSR count). The van der Waals surface area contributed by atoms with Crippen LogP contribution in [0.15, 0.2) is 18.2 Å². The summed E-state index contributed by atoms with van der Waals surface area (Å²) in [4.78, 5) is 14.3. The van der Waals surface area contributed by atoms with Gasteiger partial charge in [-0.3, -0.25) is 4.79 Å². The van der Waals surface area contributed by atoms with Gasteiger partial charge in [-0.1, -0.05) is 6.07 Å². The van der Waals surface area contributed by atoms with Crippen molar-refractivity contribution in [1.82, 2.24) is 4.90 Å². The zero-order chi connectivity index (χ0) is 19.6. The molecular formula is C18H20F3NO4S. The van der Waals surface area contributed by atoms with Crippen molar-refractivity contribution in [2.45, 2.75) is 49.1 Å². The first kappa shape index (κ1) is 18.7. The van der Waals surface area contributed by atoms with Gasteiger partial charge in [0.15, 0.2) is 0 Å². The zero-order valence-corrected chi connectivity index (χ0v) is 15.6. The van der Waals surface area contributed by atoms with Crippen molar-refractivity contribution in [2.24, 2.45) is 5.92 Å². The number of halogens is 3.